The highest BCUT2D eigenvalue weighted by molar-refractivity contribution is 7.99. The minimum atomic E-state index is -4.67. The quantitative estimate of drug-likeness (QED) is 0.257. The predicted octanol–water partition coefficient (Wildman–Crippen LogP) is 5.18. The molecule has 3 N–H and O–H groups in total. The van der Waals surface area contributed by atoms with Crippen LogP contribution in [0.2, 0.25) is 0 Å². The highest BCUT2D eigenvalue weighted by Gasteiger charge is 2.74. The molecule has 5 rings (SSSR count). The zero-order chi connectivity index (χ0) is 29.6. The van der Waals surface area contributed by atoms with E-state index >= 15 is 0 Å². The lowest BCUT2D eigenvalue weighted by Gasteiger charge is -2.27. The molecule has 0 aliphatic heterocycles. The summed E-state index contributed by atoms with van der Waals surface area (Å²) in [5.41, 5.74) is 2.32. The molecular weight excluding hydrogens is 614 g/mol. The van der Waals surface area contributed by atoms with Gasteiger partial charge in [0, 0.05) is 22.3 Å². The SMILES string of the molecule is Cl.N[C@@]1(C(=O)OCc2ccccc2C(F)(F)F)C[C@H](Sc2ncn[nH]2)[C@H]2[C@H](C(=O)OCc3ccccc3C(F)(F)F)[C@H]21. The van der Waals surface area contributed by atoms with Gasteiger partial charge in [-0.05, 0) is 24.5 Å². The predicted molar refractivity (Wildman–Crippen MR) is 138 cm³/mol. The smallest absolute Gasteiger partial charge is 0.416 e. The van der Waals surface area contributed by atoms with E-state index in [1.807, 2.05) is 0 Å². The van der Waals surface area contributed by atoms with E-state index in [4.69, 9.17) is 15.2 Å². The van der Waals surface area contributed by atoms with Crippen LogP contribution in [0.15, 0.2) is 60.0 Å². The van der Waals surface area contributed by atoms with E-state index in [2.05, 4.69) is 15.2 Å². The second-order valence-corrected chi connectivity index (χ2v) is 11.0. The van der Waals surface area contributed by atoms with Gasteiger partial charge in [0.1, 0.15) is 25.1 Å². The summed E-state index contributed by atoms with van der Waals surface area (Å²) in [5, 5.41) is 6.32. The molecule has 5 atom stereocenters. The van der Waals surface area contributed by atoms with E-state index in [-0.39, 0.29) is 30.0 Å². The minimum Gasteiger partial charge on any atom is -0.461 e. The summed E-state index contributed by atoms with van der Waals surface area (Å²) in [6.07, 6.45) is -8.06. The number of carbonyl (C=O) groups is 2. The average Bonchev–Trinajstić information content (AvgIpc) is 3.34. The van der Waals surface area contributed by atoms with Crippen LogP contribution in [0.4, 0.5) is 26.3 Å². The van der Waals surface area contributed by atoms with E-state index < -0.39 is 77.2 Å². The molecule has 42 heavy (non-hydrogen) atoms. The van der Waals surface area contributed by atoms with Crippen molar-refractivity contribution in [2.45, 2.75) is 47.9 Å². The molecule has 0 spiro atoms. The Morgan fingerprint density at radius 1 is 0.952 bits per heavy atom. The number of nitrogens with zero attached hydrogens (tertiary/aromatic N) is 2. The Morgan fingerprint density at radius 2 is 1.50 bits per heavy atom. The molecule has 0 saturated heterocycles. The number of esters is 2. The first-order valence-electron chi connectivity index (χ1n) is 12.3. The van der Waals surface area contributed by atoms with Gasteiger partial charge in [-0.2, -0.15) is 31.4 Å². The van der Waals surface area contributed by atoms with Gasteiger partial charge in [-0.25, -0.2) is 4.98 Å². The number of nitrogens with one attached hydrogen (secondary N) is 1. The maximum absolute atomic E-state index is 13.4. The topological polar surface area (TPSA) is 120 Å². The zero-order valence-corrected chi connectivity index (χ0v) is 22.9. The Bertz CT molecular complexity index is 1440. The van der Waals surface area contributed by atoms with Crippen molar-refractivity contribution in [1.82, 2.24) is 15.2 Å². The fourth-order valence-corrected chi connectivity index (χ4v) is 6.83. The number of alkyl halides is 6. The summed E-state index contributed by atoms with van der Waals surface area (Å²) in [4.78, 5) is 30.3. The monoisotopic (exact) mass is 636 g/mol. The minimum absolute atomic E-state index is 0. The van der Waals surface area contributed by atoms with Gasteiger partial charge in [0.2, 0.25) is 0 Å². The summed E-state index contributed by atoms with van der Waals surface area (Å²) in [6, 6.07) is 9.27. The number of thioether (sulfide) groups is 1. The second-order valence-electron chi connectivity index (χ2n) is 9.81. The third-order valence-corrected chi connectivity index (χ3v) is 8.52. The Morgan fingerprint density at radius 3 is 2.02 bits per heavy atom. The molecule has 1 aromatic heterocycles. The van der Waals surface area contributed by atoms with Crippen LogP contribution in [0.1, 0.15) is 28.7 Å². The van der Waals surface area contributed by atoms with Gasteiger partial charge in [0.05, 0.1) is 17.0 Å². The van der Waals surface area contributed by atoms with E-state index in [1.54, 1.807) is 0 Å². The van der Waals surface area contributed by atoms with E-state index in [0.717, 1.165) is 12.1 Å². The number of carbonyl (C=O) groups excluding carboxylic acids is 2. The van der Waals surface area contributed by atoms with Crippen LogP contribution in [0, 0.1) is 17.8 Å². The van der Waals surface area contributed by atoms with E-state index in [0.29, 0.717) is 5.16 Å². The lowest BCUT2D eigenvalue weighted by molar-refractivity contribution is -0.155. The molecule has 2 aromatic carbocycles. The van der Waals surface area contributed by atoms with Crippen molar-refractivity contribution in [3.63, 3.8) is 0 Å². The van der Waals surface area contributed by atoms with Gasteiger partial charge in [0.15, 0.2) is 5.16 Å². The number of H-pyrrole nitrogens is 1. The first kappa shape index (κ1) is 31.6. The van der Waals surface area contributed by atoms with Gasteiger partial charge in [-0.15, -0.1) is 12.4 Å². The first-order chi connectivity index (χ1) is 19.3. The number of fused-ring (bicyclic) bond motifs is 1. The Balaban J connectivity index is 0.00000405. The molecule has 3 aromatic rings. The van der Waals surface area contributed by atoms with Crippen molar-refractivity contribution in [3.05, 3.63) is 77.1 Å². The molecule has 0 amide bonds. The lowest BCUT2D eigenvalue weighted by atomic mass is 9.91. The molecule has 226 valence electrons. The van der Waals surface area contributed by atoms with Crippen LogP contribution in [0.25, 0.3) is 0 Å². The van der Waals surface area contributed by atoms with Crippen molar-refractivity contribution in [1.29, 1.82) is 0 Å². The maximum Gasteiger partial charge on any atom is 0.416 e. The standard InChI is InChI=1S/C26H22F6N4O4S.ClH/c27-25(28,29)15-7-3-1-5-13(15)10-39-21(37)19-18-17(41-23-34-12-35-36-23)9-24(33,20(18)19)22(38)40-11-14-6-2-4-8-16(14)26(30,31)32;/h1-8,12,17-20H,9-11,33H2,(H,34,35,36);1H/t17-,18-,19-,20-,24-;/m0./s1. The van der Waals surface area contributed by atoms with E-state index in [1.165, 1.54) is 54.5 Å². The van der Waals surface area contributed by atoms with E-state index in [9.17, 15) is 35.9 Å². The average molecular weight is 637 g/mol. The van der Waals surface area contributed by atoms with Gasteiger partial charge in [-0.3, -0.25) is 14.7 Å². The van der Waals surface area contributed by atoms with Crippen molar-refractivity contribution in [3.8, 4) is 0 Å². The summed E-state index contributed by atoms with van der Waals surface area (Å²) >= 11 is 1.17. The molecule has 16 heteroatoms. The van der Waals surface area contributed by atoms with Crippen LogP contribution in [-0.2, 0) is 44.6 Å². The van der Waals surface area contributed by atoms with Gasteiger partial charge >= 0.3 is 24.3 Å². The Labute approximate surface area is 245 Å². The molecular formula is C26H23ClF6N4O4S. The molecule has 2 aliphatic carbocycles. The first-order valence-corrected chi connectivity index (χ1v) is 13.1. The largest absolute Gasteiger partial charge is 0.461 e. The molecule has 0 radical (unpaired) electrons. The fraction of sp³-hybridized carbons (Fsp3) is 0.385. The zero-order valence-electron chi connectivity index (χ0n) is 21.3. The number of ether oxygens (including phenoxy) is 2. The molecule has 0 unspecified atom stereocenters. The molecule has 1 heterocycles. The maximum atomic E-state index is 13.4. The Kier molecular flexibility index (Phi) is 8.86. The number of nitrogens with two attached hydrogens (primary N) is 1. The molecule has 2 aliphatic rings. The van der Waals surface area contributed by atoms with Crippen molar-refractivity contribution in [2.75, 3.05) is 0 Å². The normalized spacial score (nSPS) is 24.8. The molecule has 8 nitrogen and oxygen atoms in total. The summed E-state index contributed by atoms with van der Waals surface area (Å²) in [5.74, 6) is -4.11. The number of aromatic amines is 1. The third kappa shape index (κ3) is 6.22. The summed E-state index contributed by atoms with van der Waals surface area (Å²) < 4.78 is 90.7. The number of benzene rings is 2. The number of hydrogen-bond acceptors (Lipinski definition) is 8. The number of halogens is 7. The van der Waals surface area contributed by atoms with Gasteiger partial charge < -0.3 is 15.2 Å². The van der Waals surface area contributed by atoms with Crippen molar-refractivity contribution in [2.24, 2.45) is 23.5 Å². The van der Waals surface area contributed by atoms with Crippen molar-refractivity contribution < 1.29 is 45.4 Å². The van der Waals surface area contributed by atoms with Crippen LogP contribution in [-0.4, -0.2) is 37.9 Å². The third-order valence-electron chi connectivity index (χ3n) is 7.32. The number of aromatic nitrogens is 3. The van der Waals surface area contributed by atoms with Crippen LogP contribution >= 0.6 is 24.2 Å². The summed E-state index contributed by atoms with van der Waals surface area (Å²) in [6.45, 7) is -1.35. The lowest BCUT2D eigenvalue weighted by Crippen LogP contribution is -2.51. The highest BCUT2D eigenvalue weighted by atomic mass is 35.5. The number of rotatable bonds is 8. The van der Waals surface area contributed by atoms with Gasteiger partial charge in [-0.1, -0.05) is 48.2 Å². The Hall–Kier alpha value is -3.30. The fourth-order valence-electron chi connectivity index (χ4n) is 5.47. The molecule has 2 saturated carbocycles. The molecule has 2 fully saturated rings. The van der Waals surface area contributed by atoms with Crippen LogP contribution in [0.5, 0.6) is 0 Å². The highest BCUT2D eigenvalue weighted by Crippen LogP contribution is 2.65. The van der Waals surface area contributed by atoms with Crippen molar-refractivity contribution >= 4 is 36.1 Å². The number of hydrogen-bond donors (Lipinski definition) is 2. The summed E-state index contributed by atoms with van der Waals surface area (Å²) in [7, 11) is 0. The second kappa shape index (κ2) is 11.8. The van der Waals surface area contributed by atoms with Crippen LogP contribution in [0.3, 0.4) is 0 Å². The molecule has 0 bridgehead atoms. The van der Waals surface area contributed by atoms with Crippen LogP contribution < -0.4 is 5.73 Å². The van der Waals surface area contributed by atoms with Gasteiger partial charge in [0.25, 0.3) is 0 Å².